The van der Waals surface area contributed by atoms with Crippen molar-refractivity contribution in [2.24, 2.45) is 29.1 Å². The molecule has 0 saturated heterocycles. The average molecular weight is 322 g/mol. The van der Waals surface area contributed by atoms with E-state index in [9.17, 15) is 9.59 Å². The maximum absolute atomic E-state index is 12.3. The Morgan fingerprint density at radius 1 is 1.04 bits per heavy atom. The van der Waals surface area contributed by atoms with Crippen LogP contribution in [0.2, 0.25) is 0 Å². The fraction of sp³-hybridized carbons (Fsp3) is 0.895. The second-order valence-corrected chi connectivity index (χ2v) is 8.78. The molecule has 130 valence electrons. The summed E-state index contributed by atoms with van der Waals surface area (Å²) in [6.07, 6.45) is 6.84. The van der Waals surface area contributed by atoms with Crippen LogP contribution in [-0.2, 0) is 19.1 Å². The lowest BCUT2D eigenvalue weighted by atomic mass is 9.50. The number of esters is 2. The van der Waals surface area contributed by atoms with Crippen molar-refractivity contribution in [1.29, 1.82) is 0 Å². The third kappa shape index (κ3) is 3.01. The van der Waals surface area contributed by atoms with Crippen molar-refractivity contribution in [3.05, 3.63) is 0 Å². The Bertz CT molecular complexity index is 466. The minimum atomic E-state index is -0.549. The highest BCUT2D eigenvalue weighted by molar-refractivity contribution is 5.80. The Hall–Kier alpha value is -1.06. The second kappa shape index (κ2) is 5.78. The summed E-state index contributed by atoms with van der Waals surface area (Å²) in [5.41, 5.74) is -0.899. The molecule has 0 aromatic heterocycles. The molecular formula is C19H30O4. The van der Waals surface area contributed by atoms with Gasteiger partial charge in [-0.2, -0.15) is 0 Å². The van der Waals surface area contributed by atoms with Crippen molar-refractivity contribution in [3.63, 3.8) is 0 Å². The molecule has 4 fully saturated rings. The van der Waals surface area contributed by atoms with E-state index in [2.05, 4.69) is 6.92 Å². The molecule has 0 N–H and O–H groups in total. The van der Waals surface area contributed by atoms with E-state index in [1.807, 2.05) is 20.8 Å². The third-order valence-electron chi connectivity index (χ3n) is 6.85. The number of hydrogen-bond donors (Lipinski definition) is 0. The van der Waals surface area contributed by atoms with E-state index in [0.717, 1.165) is 11.8 Å². The van der Waals surface area contributed by atoms with Gasteiger partial charge in [-0.05, 0) is 83.0 Å². The molecule has 4 nitrogen and oxygen atoms in total. The first-order valence-corrected chi connectivity index (χ1v) is 9.13. The molecule has 0 heterocycles. The van der Waals surface area contributed by atoms with Gasteiger partial charge in [-0.25, -0.2) is 4.79 Å². The van der Waals surface area contributed by atoms with Gasteiger partial charge in [0.05, 0.1) is 5.41 Å². The summed E-state index contributed by atoms with van der Waals surface area (Å²) in [6, 6.07) is 0. The smallest absolute Gasteiger partial charge is 0.344 e. The molecule has 0 aromatic rings. The summed E-state index contributed by atoms with van der Waals surface area (Å²) in [6.45, 7) is 7.45. The first-order chi connectivity index (χ1) is 10.7. The summed E-state index contributed by atoms with van der Waals surface area (Å²) in [5, 5.41) is 0. The average Bonchev–Trinajstić information content (AvgIpc) is 2.49. The van der Waals surface area contributed by atoms with Crippen LogP contribution >= 0.6 is 0 Å². The highest BCUT2D eigenvalue weighted by Crippen LogP contribution is 2.59. The molecule has 0 unspecified atom stereocenters. The quantitative estimate of drug-likeness (QED) is 0.724. The second-order valence-electron chi connectivity index (χ2n) is 8.78. The third-order valence-corrected chi connectivity index (χ3v) is 6.85. The Kier molecular flexibility index (Phi) is 4.22. The predicted molar refractivity (Wildman–Crippen MR) is 86.6 cm³/mol. The van der Waals surface area contributed by atoms with Crippen molar-refractivity contribution in [2.45, 2.75) is 71.8 Å². The first kappa shape index (κ1) is 16.8. The number of hydrogen-bond acceptors (Lipinski definition) is 4. The summed E-state index contributed by atoms with van der Waals surface area (Å²) >= 11 is 0. The van der Waals surface area contributed by atoms with Gasteiger partial charge in [0.1, 0.15) is 5.60 Å². The van der Waals surface area contributed by atoms with Crippen LogP contribution in [-0.4, -0.2) is 24.1 Å². The molecule has 4 saturated carbocycles. The van der Waals surface area contributed by atoms with Gasteiger partial charge >= 0.3 is 11.9 Å². The SMILES string of the molecule is CCC(C)(C)C(=O)OCC(=O)OC1(C)C2CC3CC(C2)CC1C3. The molecular weight excluding hydrogens is 292 g/mol. The van der Waals surface area contributed by atoms with Crippen LogP contribution in [0.3, 0.4) is 0 Å². The molecule has 0 amide bonds. The van der Waals surface area contributed by atoms with Crippen LogP contribution in [0.4, 0.5) is 0 Å². The minimum Gasteiger partial charge on any atom is -0.456 e. The van der Waals surface area contributed by atoms with E-state index >= 15 is 0 Å². The number of rotatable bonds is 5. The maximum Gasteiger partial charge on any atom is 0.344 e. The Morgan fingerprint density at radius 2 is 1.57 bits per heavy atom. The van der Waals surface area contributed by atoms with Gasteiger partial charge in [-0.1, -0.05) is 6.92 Å². The molecule has 4 rings (SSSR count). The van der Waals surface area contributed by atoms with Gasteiger partial charge in [0.2, 0.25) is 0 Å². The maximum atomic E-state index is 12.3. The van der Waals surface area contributed by atoms with E-state index in [4.69, 9.17) is 9.47 Å². The highest BCUT2D eigenvalue weighted by Gasteiger charge is 2.57. The lowest BCUT2D eigenvalue weighted by molar-refractivity contribution is -0.208. The summed E-state index contributed by atoms with van der Waals surface area (Å²) in [4.78, 5) is 24.2. The van der Waals surface area contributed by atoms with E-state index in [1.54, 1.807) is 0 Å². The van der Waals surface area contributed by atoms with Gasteiger partial charge in [0.15, 0.2) is 6.61 Å². The van der Waals surface area contributed by atoms with Crippen LogP contribution in [0.25, 0.3) is 0 Å². The van der Waals surface area contributed by atoms with Gasteiger partial charge < -0.3 is 9.47 Å². The van der Waals surface area contributed by atoms with Crippen LogP contribution in [0.15, 0.2) is 0 Å². The van der Waals surface area contributed by atoms with Crippen molar-refractivity contribution < 1.29 is 19.1 Å². The molecule has 23 heavy (non-hydrogen) atoms. The number of carbonyl (C=O) groups is 2. The Labute approximate surface area is 139 Å². The van der Waals surface area contributed by atoms with Crippen molar-refractivity contribution in [2.75, 3.05) is 6.61 Å². The topological polar surface area (TPSA) is 52.6 Å². The molecule has 4 bridgehead atoms. The zero-order chi connectivity index (χ0) is 16.8. The van der Waals surface area contributed by atoms with E-state index < -0.39 is 5.41 Å². The molecule has 0 atom stereocenters. The molecule has 0 aromatic carbocycles. The van der Waals surface area contributed by atoms with Crippen molar-refractivity contribution in [1.82, 2.24) is 0 Å². The highest BCUT2D eigenvalue weighted by atomic mass is 16.6. The molecule has 4 aliphatic carbocycles. The zero-order valence-electron chi connectivity index (χ0n) is 14.9. The molecule has 0 radical (unpaired) electrons. The minimum absolute atomic E-state index is 0.260. The summed E-state index contributed by atoms with van der Waals surface area (Å²) in [5.74, 6) is 1.95. The Morgan fingerprint density at radius 3 is 2.04 bits per heavy atom. The lowest BCUT2D eigenvalue weighted by Crippen LogP contribution is -2.58. The van der Waals surface area contributed by atoms with Crippen molar-refractivity contribution in [3.8, 4) is 0 Å². The molecule has 4 aliphatic rings. The fourth-order valence-electron chi connectivity index (χ4n) is 5.03. The normalized spacial score (nSPS) is 38.4. The van der Waals surface area contributed by atoms with Gasteiger partial charge in [0, 0.05) is 0 Å². The van der Waals surface area contributed by atoms with Crippen LogP contribution in [0.1, 0.15) is 66.2 Å². The molecule has 0 spiro atoms. The van der Waals surface area contributed by atoms with Crippen molar-refractivity contribution >= 4 is 11.9 Å². The van der Waals surface area contributed by atoms with Crippen LogP contribution < -0.4 is 0 Å². The van der Waals surface area contributed by atoms with E-state index in [1.165, 1.54) is 32.1 Å². The Balaban J connectivity index is 1.57. The number of carbonyl (C=O) groups excluding carboxylic acids is 2. The fourth-order valence-corrected chi connectivity index (χ4v) is 5.03. The molecule has 0 aliphatic heterocycles. The van der Waals surface area contributed by atoms with E-state index in [0.29, 0.717) is 18.3 Å². The van der Waals surface area contributed by atoms with Gasteiger partial charge in [0.25, 0.3) is 0 Å². The van der Waals surface area contributed by atoms with Gasteiger partial charge in [-0.15, -0.1) is 0 Å². The predicted octanol–water partition coefficient (Wildman–Crippen LogP) is 3.72. The summed E-state index contributed by atoms with van der Waals surface area (Å²) in [7, 11) is 0. The number of ether oxygens (including phenoxy) is 2. The first-order valence-electron chi connectivity index (χ1n) is 9.13. The zero-order valence-corrected chi connectivity index (χ0v) is 14.9. The standard InChI is InChI=1S/C19H30O4/c1-5-18(2,3)17(21)22-11-16(20)23-19(4)14-7-12-6-13(9-14)10-15(19)8-12/h12-15H,5-11H2,1-4H3. The van der Waals surface area contributed by atoms with E-state index in [-0.39, 0.29) is 24.1 Å². The van der Waals surface area contributed by atoms with Gasteiger partial charge in [-0.3, -0.25) is 4.79 Å². The lowest BCUT2D eigenvalue weighted by Gasteiger charge is -2.59. The van der Waals surface area contributed by atoms with Crippen LogP contribution in [0, 0.1) is 29.1 Å². The molecule has 4 heteroatoms. The summed E-state index contributed by atoms with van der Waals surface area (Å²) < 4.78 is 11.1. The monoisotopic (exact) mass is 322 g/mol. The van der Waals surface area contributed by atoms with Crippen LogP contribution in [0.5, 0.6) is 0 Å². The largest absolute Gasteiger partial charge is 0.456 e.